The average molecular weight is 385 g/mol. The summed E-state index contributed by atoms with van der Waals surface area (Å²) in [5, 5.41) is 11.3. The minimum Gasteiger partial charge on any atom is -0.490 e. The molecule has 0 fully saturated rings. The lowest BCUT2D eigenvalue weighted by Gasteiger charge is -2.12. The summed E-state index contributed by atoms with van der Waals surface area (Å²) in [7, 11) is 0. The Morgan fingerprint density at radius 2 is 1.75 bits per heavy atom. The number of ether oxygens (including phenoxy) is 2. The third kappa shape index (κ3) is 7.31. The second-order valence-electron chi connectivity index (χ2n) is 6.54. The van der Waals surface area contributed by atoms with Gasteiger partial charge in [-0.1, -0.05) is 24.3 Å². The number of carboxylic acids is 1. The standard InChI is InChI=1S/C22H27NO5/c1-16-5-3-8-20(17(16)2)28-14-13-27-19-7-4-6-18(15-19)11-12-23-21(24)9-10-22(25)26/h3-8,15H,9-14H2,1-2H3,(H,23,24)(H,25,26). The first-order valence-electron chi connectivity index (χ1n) is 9.35. The number of carbonyl (C=O) groups excluding carboxylic acids is 1. The highest BCUT2D eigenvalue weighted by Crippen LogP contribution is 2.20. The summed E-state index contributed by atoms with van der Waals surface area (Å²) in [6, 6.07) is 13.7. The van der Waals surface area contributed by atoms with E-state index in [1.807, 2.05) is 43.3 Å². The molecule has 0 saturated heterocycles. The molecule has 2 N–H and O–H groups in total. The van der Waals surface area contributed by atoms with Crippen LogP contribution in [0.2, 0.25) is 0 Å². The van der Waals surface area contributed by atoms with Gasteiger partial charge in [0.25, 0.3) is 0 Å². The maximum Gasteiger partial charge on any atom is 0.303 e. The monoisotopic (exact) mass is 385 g/mol. The van der Waals surface area contributed by atoms with Crippen LogP contribution in [0.4, 0.5) is 0 Å². The SMILES string of the molecule is Cc1cccc(OCCOc2cccc(CCNC(=O)CCC(=O)O)c2)c1C. The lowest BCUT2D eigenvalue weighted by Crippen LogP contribution is -2.26. The molecule has 0 aliphatic carbocycles. The van der Waals surface area contributed by atoms with Gasteiger partial charge in [-0.05, 0) is 55.2 Å². The Morgan fingerprint density at radius 3 is 2.54 bits per heavy atom. The van der Waals surface area contributed by atoms with E-state index in [0.717, 1.165) is 22.6 Å². The average Bonchev–Trinajstić information content (AvgIpc) is 2.67. The summed E-state index contributed by atoms with van der Waals surface area (Å²) in [5.74, 6) is 0.398. The van der Waals surface area contributed by atoms with Crippen molar-refractivity contribution in [1.82, 2.24) is 5.32 Å². The molecule has 1 amide bonds. The van der Waals surface area contributed by atoms with Gasteiger partial charge in [0.1, 0.15) is 24.7 Å². The second-order valence-corrected chi connectivity index (χ2v) is 6.54. The molecule has 28 heavy (non-hydrogen) atoms. The van der Waals surface area contributed by atoms with Gasteiger partial charge in [0.15, 0.2) is 0 Å². The van der Waals surface area contributed by atoms with Crippen LogP contribution < -0.4 is 14.8 Å². The number of aryl methyl sites for hydroxylation is 1. The number of nitrogens with one attached hydrogen (secondary N) is 1. The van der Waals surface area contributed by atoms with Gasteiger partial charge in [0.05, 0.1) is 6.42 Å². The lowest BCUT2D eigenvalue weighted by molar-refractivity contribution is -0.138. The van der Waals surface area contributed by atoms with Gasteiger partial charge in [-0.2, -0.15) is 0 Å². The highest BCUT2D eigenvalue weighted by Gasteiger charge is 2.05. The lowest BCUT2D eigenvalue weighted by atomic mass is 10.1. The molecule has 2 aromatic carbocycles. The van der Waals surface area contributed by atoms with E-state index in [-0.39, 0.29) is 18.7 Å². The minimum atomic E-state index is -0.971. The molecule has 0 heterocycles. The number of carboxylic acid groups (broad SMARTS) is 1. The molecule has 2 aromatic rings. The van der Waals surface area contributed by atoms with E-state index in [1.54, 1.807) is 0 Å². The molecule has 6 heteroatoms. The zero-order chi connectivity index (χ0) is 20.4. The third-order valence-electron chi connectivity index (χ3n) is 4.36. The summed E-state index contributed by atoms with van der Waals surface area (Å²) < 4.78 is 11.5. The molecule has 0 aliphatic rings. The Kier molecular flexibility index (Phi) is 8.34. The molecular weight excluding hydrogens is 358 g/mol. The topological polar surface area (TPSA) is 84.9 Å². The van der Waals surface area contributed by atoms with Gasteiger partial charge in [-0.15, -0.1) is 0 Å². The first-order chi connectivity index (χ1) is 13.5. The summed E-state index contributed by atoms with van der Waals surface area (Å²) in [5.41, 5.74) is 3.36. The Labute approximate surface area is 165 Å². The first-order valence-corrected chi connectivity index (χ1v) is 9.35. The maximum absolute atomic E-state index is 11.5. The van der Waals surface area contributed by atoms with E-state index >= 15 is 0 Å². The molecule has 0 radical (unpaired) electrons. The highest BCUT2D eigenvalue weighted by molar-refractivity contribution is 5.80. The number of hydrogen-bond donors (Lipinski definition) is 2. The molecule has 0 spiro atoms. The molecule has 0 aliphatic heterocycles. The Balaban J connectivity index is 1.71. The van der Waals surface area contributed by atoms with Gasteiger partial charge in [-0.25, -0.2) is 0 Å². The van der Waals surface area contributed by atoms with Crippen LogP contribution in [0, 0.1) is 13.8 Å². The van der Waals surface area contributed by atoms with Crippen molar-refractivity contribution in [3.05, 3.63) is 59.2 Å². The summed E-state index contributed by atoms with van der Waals surface area (Å²) in [6.07, 6.45) is 0.493. The Morgan fingerprint density at radius 1 is 1.00 bits per heavy atom. The van der Waals surface area contributed by atoms with E-state index in [1.165, 1.54) is 5.56 Å². The predicted molar refractivity (Wildman–Crippen MR) is 107 cm³/mol. The number of aliphatic carboxylic acids is 1. The van der Waals surface area contributed by atoms with Crippen LogP contribution in [0.3, 0.4) is 0 Å². The van der Waals surface area contributed by atoms with E-state index in [0.29, 0.717) is 26.2 Å². The van der Waals surface area contributed by atoms with Crippen molar-refractivity contribution in [2.75, 3.05) is 19.8 Å². The van der Waals surface area contributed by atoms with Crippen LogP contribution >= 0.6 is 0 Å². The normalized spacial score (nSPS) is 10.4. The summed E-state index contributed by atoms with van der Waals surface area (Å²) in [4.78, 5) is 22.0. The van der Waals surface area contributed by atoms with Crippen molar-refractivity contribution >= 4 is 11.9 Å². The van der Waals surface area contributed by atoms with Crippen molar-refractivity contribution in [2.24, 2.45) is 0 Å². The molecular formula is C22H27NO5. The van der Waals surface area contributed by atoms with Crippen LogP contribution in [0.5, 0.6) is 11.5 Å². The van der Waals surface area contributed by atoms with Gasteiger partial charge in [-0.3, -0.25) is 9.59 Å². The fourth-order valence-corrected chi connectivity index (χ4v) is 2.64. The Hall–Kier alpha value is -3.02. The Bertz CT molecular complexity index is 803. The fraction of sp³-hybridized carbons (Fsp3) is 0.364. The molecule has 6 nitrogen and oxygen atoms in total. The van der Waals surface area contributed by atoms with Crippen LogP contribution in [0.1, 0.15) is 29.5 Å². The molecule has 150 valence electrons. The highest BCUT2D eigenvalue weighted by atomic mass is 16.5. The molecule has 2 rings (SSSR count). The van der Waals surface area contributed by atoms with Crippen LogP contribution in [0.25, 0.3) is 0 Å². The molecule has 0 atom stereocenters. The van der Waals surface area contributed by atoms with Crippen LogP contribution in [0.15, 0.2) is 42.5 Å². The van der Waals surface area contributed by atoms with Crippen molar-refractivity contribution in [3.63, 3.8) is 0 Å². The first kappa shape index (κ1) is 21.3. The van der Waals surface area contributed by atoms with Gasteiger partial charge >= 0.3 is 5.97 Å². The molecule has 0 aromatic heterocycles. The number of carbonyl (C=O) groups is 2. The quantitative estimate of drug-likeness (QED) is 0.580. The zero-order valence-corrected chi connectivity index (χ0v) is 16.4. The molecule has 0 bridgehead atoms. The fourth-order valence-electron chi connectivity index (χ4n) is 2.64. The number of benzene rings is 2. The van der Waals surface area contributed by atoms with E-state index < -0.39 is 5.97 Å². The van der Waals surface area contributed by atoms with Crippen molar-refractivity contribution in [3.8, 4) is 11.5 Å². The number of amides is 1. The van der Waals surface area contributed by atoms with Gasteiger partial charge < -0.3 is 19.9 Å². The van der Waals surface area contributed by atoms with Gasteiger partial charge in [0.2, 0.25) is 5.91 Å². The summed E-state index contributed by atoms with van der Waals surface area (Å²) in [6.45, 7) is 5.43. The zero-order valence-electron chi connectivity index (χ0n) is 16.4. The second kappa shape index (κ2) is 11.0. The van der Waals surface area contributed by atoms with Crippen LogP contribution in [-0.4, -0.2) is 36.7 Å². The van der Waals surface area contributed by atoms with E-state index in [4.69, 9.17) is 14.6 Å². The van der Waals surface area contributed by atoms with Crippen molar-refractivity contribution in [1.29, 1.82) is 0 Å². The number of rotatable bonds is 11. The van der Waals surface area contributed by atoms with Crippen LogP contribution in [-0.2, 0) is 16.0 Å². The summed E-state index contributed by atoms with van der Waals surface area (Å²) >= 11 is 0. The smallest absolute Gasteiger partial charge is 0.303 e. The van der Waals surface area contributed by atoms with E-state index in [2.05, 4.69) is 18.3 Å². The minimum absolute atomic E-state index is 0.00109. The largest absolute Gasteiger partial charge is 0.490 e. The third-order valence-corrected chi connectivity index (χ3v) is 4.36. The predicted octanol–water partition coefficient (Wildman–Crippen LogP) is 3.28. The maximum atomic E-state index is 11.5. The van der Waals surface area contributed by atoms with Crippen molar-refractivity contribution in [2.45, 2.75) is 33.1 Å². The van der Waals surface area contributed by atoms with Gasteiger partial charge in [0, 0.05) is 13.0 Å². The van der Waals surface area contributed by atoms with Crippen molar-refractivity contribution < 1.29 is 24.2 Å². The number of hydrogen-bond acceptors (Lipinski definition) is 4. The molecule has 0 unspecified atom stereocenters. The van der Waals surface area contributed by atoms with E-state index in [9.17, 15) is 9.59 Å². The molecule has 0 saturated carbocycles.